The van der Waals surface area contributed by atoms with Gasteiger partial charge in [0.1, 0.15) is 18.0 Å². The van der Waals surface area contributed by atoms with Crippen molar-refractivity contribution in [2.45, 2.75) is 13.5 Å². The van der Waals surface area contributed by atoms with Crippen molar-refractivity contribution in [3.8, 4) is 0 Å². The summed E-state index contributed by atoms with van der Waals surface area (Å²) in [6.07, 6.45) is 1.53. The minimum atomic E-state index is -0.323. The van der Waals surface area contributed by atoms with E-state index in [1.807, 2.05) is 43.4 Å². The van der Waals surface area contributed by atoms with E-state index in [9.17, 15) is 4.79 Å². The van der Waals surface area contributed by atoms with Gasteiger partial charge < -0.3 is 15.0 Å². The lowest BCUT2D eigenvalue weighted by Gasteiger charge is -2.18. The number of benzene rings is 2. The zero-order valence-electron chi connectivity index (χ0n) is 15.4. The molecule has 1 N–H and O–H groups in total. The second-order valence-electron chi connectivity index (χ2n) is 6.03. The minimum absolute atomic E-state index is 0.323. The van der Waals surface area contributed by atoms with E-state index in [0.29, 0.717) is 18.0 Å². The molecule has 0 bridgehead atoms. The van der Waals surface area contributed by atoms with Crippen molar-refractivity contribution in [2.24, 2.45) is 0 Å². The summed E-state index contributed by atoms with van der Waals surface area (Å²) >= 11 is 0. The van der Waals surface area contributed by atoms with Crippen molar-refractivity contribution < 1.29 is 9.53 Å². The molecule has 6 heteroatoms. The standard InChI is InChI=1S/C21H22N4O2/c1-3-27-21(26)17-9-11-18(12-10-17)24-19-13-20(23-15-22-19)25(2)14-16-7-5-4-6-8-16/h4-13,15H,3,14H2,1-2H3,(H,22,23,24). The molecule has 0 fully saturated rings. The van der Waals surface area contributed by atoms with E-state index < -0.39 is 0 Å². The molecule has 138 valence electrons. The van der Waals surface area contributed by atoms with Gasteiger partial charge in [-0.05, 0) is 36.8 Å². The van der Waals surface area contributed by atoms with Gasteiger partial charge in [0.2, 0.25) is 0 Å². The molecular weight excluding hydrogens is 340 g/mol. The van der Waals surface area contributed by atoms with Crippen molar-refractivity contribution >= 4 is 23.3 Å². The van der Waals surface area contributed by atoms with Gasteiger partial charge in [0.05, 0.1) is 12.2 Å². The van der Waals surface area contributed by atoms with Crippen LogP contribution in [0.2, 0.25) is 0 Å². The molecule has 3 rings (SSSR count). The normalized spacial score (nSPS) is 10.3. The highest BCUT2D eigenvalue weighted by Gasteiger charge is 2.08. The minimum Gasteiger partial charge on any atom is -0.462 e. The van der Waals surface area contributed by atoms with Crippen LogP contribution in [0.15, 0.2) is 67.0 Å². The van der Waals surface area contributed by atoms with Gasteiger partial charge in [-0.2, -0.15) is 0 Å². The highest BCUT2D eigenvalue weighted by atomic mass is 16.5. The summed E-state index contributed by atoms with van der Waals surface area (Å²) in [4.78, 5) is 22.4. The summed E-state index contributed by atoms with van der Waals surface area (Å²) in [6, 6.07) is 19.2. The predicted molar refractivity (Wildman–Crippen MR) is 106 cm³/mol. The number of nitrogens with one attached hydrogen (secondary N) is 1. The maximum absolute atomic E-state index is 11.7. The van der Waals surface area contributed by atoms with E-state index in [2.05, 4.69) is 32.3 Å². The number of hydrogen-bond acceptors (Lipinski definition) is 6. The first-order valence-corrected chi connectivity index (χ1v) is 8.77. The van der Waals surface area contributed by atoms with Crippen molar-refractivity contribution in [3.05, 3.63) is 78.1 Å². The van der Waals surface area contributed by atoms with E-state index in [0.717, 1.165) is 18.1 Å². The van der Waals surface area contributed by atoms with Crippen LogP contribution in [-0.4, -0.2) is 29.6 Å². The zero-order chi connectivity index (χ0) is 19.1. The summed E-state index contributed by atoms with van der Waals surface area (Å²) in [6.45, 7) is 2.90. The topological polar surface area (TPSA) is 67.3 Å². The number of nitrogens with zero attached hydrogens (tertiary/aromatic N) is 3. The van der Waals surface area contributed by atoms with Crippen molar-refractivity contribution in [1.82, 2.24) is 9.97 Å². The first-order valence-electron chi connectivity index (χ1n) is 8.77. The Labute approximate surface area is 158 Å². The van der Waals surface area contributed by atoms with Gasteiger partial charge >= 0.3 is 5.97 Å². The van der Waals surface area contributed by atoms with E-state index in [-0.39, 0.29) is 5.97 Å². The molecule has 1 aromatic heterocycles. The van der Waals surface area contributed by atoms with E-state index in [4.69, 9.17) is 4.74 Å². The molecule has 0 atom stereocenters. The van der Waals surface area contributed by atoms with E-state index in [1.54, 1.807) is 19.1 Å². The quantitative estimate of drug-likeness (QED) is 0.640. The Kier molecular flexibility index (Phi) is 5.99. The van der Waals surface area contributed by atoms with Crippen molar-refractivity contribution in [3.63, 3.8) is 0 Å². The van der Waals surface area contributed by atoms with E-state index in [1.165, 1.54) is 11.9 Å². The molecule has 0 aliphatic carbocycles. The zero-order valence-corrected chi connectivity index (χ0v) is 15.4. The molecule has 2 aromatic carbocycles. The van der Waals surface area contributed by atoms with Gasteiger partial charge in [0, 0.05) is 25.3 Å². The molecule has 0 amide bonds. The van der Waals surface area contributed by atoms with Gasteiger partial charge in [-0.1, -0.05) is 30.3 Å². The van der Waals surface area contributed by atoms with Crippen LogP contribution < -0.4 is 10.2 Å². The lowest BCUT2D eigenvalue weighted by molar-refractivity contribution is 0.0526. The van der Waals surface area contributed by atoms with Crippen molar-refractivity contribution in [2.75, 3.05) is 23.9 Å². The van der Waals surface area contributed by atoms with Gasteiger partial charge in [0.15, 0.2) is 0 Å². The lowest BCUT2D eigenvalue weighted by atomic mass is 10.2. The summed E-state index contributed by atoms with van der Waals surface area (Å²) < 4.78 is 4.99. The van der Waals surface area contributed by atoms with E-state index >= 15 is 0 Å². The predicted octanol–water partition coefficient (Wildman–Crippen LogP) is 4.03. The van der Waals surface area contributed by atoms with Crippen LogP contribution in [0.25, 0.3) is 0 Å². The largest absolute Gasteiger partial charge is 0.462 e. The number of rotatable bonds is 7. The number of carbonyl (C=O) groups excluding carboxylic acids is 1. The Bertz CT molecular complexity index is 882. The summed E-state index contributed by atoms with van der Waals surface area (Å²) in [5.41, 5.74) is 2.56. The fraction of sp³-hybridized carbons (Fsp3) is 0.190. The highest BCUT2D eigenvalue weighted by Crippen LogP contribution is 2.19. The van der Waals surface area contributed by atoms with Crippen LogP contribution in [0.1, 0.15) is 22.8 Å². The fourth-order valence-electron chi connectivity index (χ4n) is 2.61. The molecule has 0 aliphatic heterocycles. The first-order chi connectivity index (χ1) is 13.2. The third kappa shape index (κ3) is 5.04. The van der Waals surface area contributed by atoms with Crippen molar-refractivity contribution in [1.29, 1.82) is 0 Å². The second-order valence-corrected chi connectivity index (χ2v) is 6.03. The smallest absolute Gasteiger partial charge is 0.338 e. The molecule has 0 radical (unpaired) electrons. The Morgan fingerprint density at radius 2 is 1.81 bits per heavy atom. The average molecular weight is 362 g/mol. The number of carbonyl (C=O) groups is 1. The SMILES string of the molecule is CCOC(=O)c1ccc(Nc2cc(N(C)Cc3ccccc3)ncn2)cc1. The number of esters is 1. The molecule has 0 saturated heterocycles. The Hall–Kier alpha value is -3.41. The van der Waals surface area contributed by atoms with Crippen LogP contribution in [0.5, 0.6) is 0 Å². The Morgan fingerprint density at radius 3 is 2.52 bits per heavy atom. The molecule has 3 aromatic rings. The van der Waals surface area contributed by atoms with Crippen LogP contribution >= 0.6 is 0 Å². The lowest BCUT2D eigenvalue weighted by Crippen LogP contribution is -2.17. The Balaban J connectivity index is 1.67. The van der Waals surface area contributed by atoms with Crippen LogP contribution in [0, 0.1) is 0 Å². The number of anilines is 3. The molecule has 0 aliphatic rings. The monoisotopic (exact) mass is 362 g/mol. The highest BCUT2D eigenvalue weighted by molar-refractivity contribution is 5.89. The maximum atomic E-state index is 11.7. The molecule has 27 heavy (non-hydrogen) atoms. The Morgan fingerprint density at radius 1 is 1.07 bits per heavy atom. The number of aromatic nitrogens is 2. The first kappa shape index (κ1) is 18.4. The van der Waals surface area contributed by atoms with Crippen LogP contribution in [0.4, 0.5) is 17.3 Å². The van der Waals surface area contributed by atoms with Gasteiger partial charge in [-0.3, -0.25) is 0 Å². The molecule has 6 nitrogen and oxygen atoms in total. The summed E-state index contributed by atoms with van der Waals surface area (Å²) in [7, 11) is 1.99. The molecule has 0 unspecified atom stereocenters. The molecular formula is C21H22N4O2. The van der Waals surface area contributed by atoms with Crippen LogP contribution in [0.3, 0.4) is 0 Å². The average Bonchev–Trinajstić information content (AvgIpc) is 2.70. The van der Waals surface area contributed by atoms with Gasteiger partial charge in [0.25, 0.3) is 0 Å². The van der Waals surface area contributed by atoms with Gasteiger partial charge in [-0.15, -0.1) is 0 Å². The molecule has 0 spiro atoms. The third-order valence-corrected chi connectivity index (χ3v) is 3.97. The fourth-order valence-corrected chi connectivity index (χ4v) is 2.61. The summed E-state index contributed by atoms with van der Waals surface area (Å²) in [5.74, 6) is 1.18. The number of ether oxygens (including phenoxy) is 1. The van der Waals surface area contributed by atoms with Crippen LogP contribution in [-0.2, 0) is 11.3 Å². The second kappa shape index (κ2) is 8.80. The summed E-state index contributed by atoms with van der Waals surface area (Å²) in [5, 5.41) is 3.23. The van der Waals surface area contributed by atoms with Gasteiger partial charge in [-0.25, -0.2) is 14.8 Å². The molecule has 0 saturated carbocycles. The number of hydrogen-bond donors (Lipinski definition) is 1. The third-order valence-electron chi connectivity index (χ3n) is 3.97. The molecule has 1 heterocycles. The maximum Gasteiger partial charge on any atom is 0.338 e.